The minimum absolute atomic E-state index is 0.286. The monoisotopic (exact) mass is 383 g/mol. The minimum atomic E-state index is -0.286. The highest BCUT2D eigenvalue weighted by atomic mass is 32.1. The van der Waals surface area contributed by atoms with Crippen LogP contribution in [0.4, 0.5) is 5.13 Å². The first kappa shape index (κ1) is 18.8. The molecule has 27 heavy (non-hydrogen) atoms. The first-order chi connectivity index (χ1) is 13.1. The van der Waals surface area contributed by atoms with Crippen molar-refractivity contribution in [2.75, 3.05) is 19.5 Å². The standard InChI is InChI=1S/C20H21N3O3S/c1-13(14-7-5-4-6-8-14)9-18-22-23-20(27-18)21-19(24)15-10-16(25-2)12-17(11-15)26-3/h4-8,10-13H,9H2,1-3H3,(H,21,23,24)/t13-/m1/s1. The molecule has 0 saturated carbocycles. The third-order valence-corrected chi connectivity index (χ3v) is 5.01. The predicted molar refractivity (Wildman–Crippen MR) is 106 cm³/mol. The van der Waals surface area contributed by atoms with Gasteiger partial charge < -0.3 is 9.47 Å². The van der Waals surface area contributed by atoms with Gasteiger partial charge in [0, 0.05) is 18.1 Å². The Morgan fingerprint density at radius 2 is 1.74 bits per heavy atom. The van der Waals surface area contributed by atoms with E-state index in [0.29, 0.717) is 28.1 Å². The number of rotatable bonds is 7. The predicted octanol–water partition coefficient (Wildman–Crippen LogP) is 4.15. The summed E-state index contributed by atoms with van der Waals surface area (Å²) in [5.41, 5.74) is 1.68. The second-order valence-electron chi connectivity index (χ2n) is 6.07. The lowest BCUT2D eigenvalue weighted by Gasteiger charge is -2.09. The molecule has 0 saturated heterocycles. The third-order valence-electron chi connectivity index (χ3n) is 4.15. The lowest BCUT2D eigenvalue weighted by molar-refractivity contribution is 0.102. The van der Waals surface area contributed by atoms with E-state index in [-0.39, 0.29) is 5.91 Å². The van der Waals surface area contributed by atoms with Crippen LogP contribution < -0.4 is 14.8 Å². The molecular weight excluding hydrogens is 362 g/mol. The molecule has 1 heterocycles. The summed E-state index contributed by atoms with van der Waals surface area (Å²) >= 11 is 1.38. The van der Waals surface area contributed by atoms with Crippen LogP contribution in [0.25, 0.3) is 0 Å². The number of aromatic nitrogens is 2. The number of amides is 1. The van der Waals surface area contributed by atoms with Crippen LogP contribution in [-0.2, 0) is 6.42 Å². The molecular formula is C20H21N3O3S. The number of anilines is 1. The second-order valence-corrected chi connectivity index (χ2v) is 7.13. The number of carbonyl (C=O) groups is 1. The third kappa shape index (κ3) is 4.83. The lowest BCUT2D eigenvalue weighted by atomic mass is 9.98. The Kier molecular flexibility index (Phi) is 6.03. The van der Waals surface area contributed by atoms with Crippen LogP contribution >= 0.6 is 11.3 Å². The molecule has 0 fully saturated rings. The maximum atomic E-state index is 12.5. The van der Waals surface area contributed by atoms with E-state index in [0.717, 1.165) is 11.4 Å². The molecule has 0 radical (unpaired) electrons. The number of methoxy groups -OCH3 is 2. The van der Waals surface area contributed by atoms with E-state index in [1.165, 1.54) is 16.9 Å². The summed E-state index contributed by atoms with van der Waals surface area (Å²) in [7, 11) is 3.09. The van der Waals surface area contributed by atoms with Crippen LogP contribution in [0.2, 0.25) is 0 Å². The van der Waals surface area contributed by atoms with Crippen LogP contribution in [0, 0.1) is 0 Å². The summed E-state index contributed by atoms with van der Waals surface area (Å²) in [5, 5.41) is 12.4. The maximum absolute atomic E-state index is 12.5. The van der Waals surface area contributed by atoms with Gasteiger partial charge in [-0.25, -0.2) is 0 Å². The van der Waals surface area contributed by atoms with Gasteiger partial charge in [0.25, 0.3) is 5.91 Å². The molecule has 1 atom stereocenters. The van der Waals surface area contributed by atoms with Crippen molar-refractivity contribution < 1.29 is 14.3 Å². The quantitative estimate of drug-likeness (QED) is 0.663. The highest BCUT2D eigenvalue weighted by Crippen LogP contribution is 2.26. The van der Waals surface area contributed by atoms with Crippen molar-refractivity contribution in [2.45, 2.75) is 19.3 Å². The molecule has 0 bridgehead atoms. The summed E-state index contributed by atoms with van der Waals surface area (Å²) in [5.74, 6) is 1.14. The fourth-order valence-corrected chi connectivity index (χ4v) is 3.52. The van der Waals surface area contributed by atoms with E-state index in [9.17, 15) is 4.79 Å². The van der Waals surface area contributed by atoms with Gasteiger partial charge in [-0.1, -0.05) is 48.6 Å². The Bertz CT molecular complexity index is 890. The van der Waals surface area contributed by atoms with Crippen molar-refractivity contribution in [3.63, 3.8) is 0 Å². The van der Waals surface area contributed by atoms with Gasteiger partial charge in [-0.05, 0) is 23.6 Å². The van der Waals surface area contributed by atoms with Gasteiger partial charge in [-0.3, -0.25) is 10.1 Å². The van der Waals surface area contributed by atoms with Gasteiger partial charge in [0.2, 0.25) is 5.13 Å². The number of hydrogen-bond donors (Lipinski definition) is 1. The summed E-state index contributed by atoms with van der Waals surface area (Å²) < 4.78 is 10.4. The normalized spacial score (nSPS) is 11.7. The van der Waals surface area contributed by atoms with Gasteiger partial charge in [0.05, 0.1) is 14.2 Å². The Morgan fingerprint density at radius 1 is 1.07 bits per heavy atom. The topological polar surface area (TPSA) is 73.3 Å². The van der Waals surface area contributed by atoms with Crippen LogP contribution in [0.15, 0.2) is 48.5 Å². The highest BCUT2D eigenvalue weighted by Gasteiger charge is 2.15. The van der Waals surface area contributed by atoms with E-state index in [4.69, 9.17) is 9.47 Å². The van der Waals surface area contributed by atoms with Gasteiger partial charge >= 0.3 is 0 Å². The molecule has 140 valence electrons. The number of benzene rings is 2. The van der Waals surface area contributed by atoms with Gasteiger partial charge in [-0.15, -0.1) is 10.2 Å². The lowest BCUT2D eigenvalue weighted by Crippen LogP contribution is -2.12. The Morgan fingerprint density at radius 3 is 2.37 bits per heavy atom. The van der Waals surface area contributed by atoms with E-state index in [2.05, 4.69) is 34.6 Å². The molecule has 1 amide bonds. The summed E-state index contributed by atoms with van der Waals surface area (Å²) in [6.07, 6.45) is 0.768. The molecule has 3 aromatic rings. The Hall–Kier alpha value is -2.93. The van der Waals surface area contributed by atoms with Crippen molar-refractivity contribution in [2.24, 2.45) is 0 Å². The SMILES string of the molecule is COc1cc(OC)cc(C(=O)Nc2nnc(C[C@@H](C)c3ccccc3)s2)c1. The van der Waals surface area contributed by atoms with Crippen molar-refractivity contribution in [3.05, 3.63) is 64.7 Å². The molecule has 0 spiro atoms. The van der Waals surface area contributed by atoms with Crippen LogP contribution in [-0.4, -0.2) is 30.3 Å². The zero-order chi connectivity index (χ0) is 19.2. The molecule has 0 aliphatic carbocycles. The second kappa shape index (κ2) is 8.64. The maximum Gasteiger partial charge on any atom is 0.257 e. The first-order valence-corrected chi connectivity index (χ1v) is 9.32. The molecule has 0 unspecified atom stereocenters. The fourth-order valence-electron chi connectivity index (χ4n) is 2.66. The Balaban J connectivity index is 1.68. The number of nitrogens with one attached hydrogen (secondary N) is 1. The number of nitrogens with zero attached hydrogens (tertiary/aromatic N) is 2. The first-order valence-electron chi connectivity index (χ1n) is 8.50. The van der Waals surface area contributed by atoms with E-state index < -0.39 is 0 Å². The fraction of sp³-hybridized carbons (Fsp3) is 0.250. The van der Waals surface area contributed by atoms with E-state index >= 15 is 0 Å². The zero-order valence-corrected chi connectivity index (χ0v) is 16.2. The number of ether oxygens (including phenoxy) is 2. The number of hydrogen-bond acceptors (Lipinski definition) is 6. The molecule has 7 heteroatoms. The largest absolute Gasteiger partial charge is 0.497 e. The summed E-state index contributed by atoms with van der Waals surface area (Å²) in [6, 6.07) is 15.3. The molecule has 6 nitrogen and oxygen atoms in total. The van der Waals surface area contributed by atoms with Gasteiger partial charge in [-0.2, -0.15) is 0 Å². The van der Waals surface area contributed by atoms with Gasteiger partial charge in [0.1, 0.15) is 16.5 Å². The minimum Gasteiger partial charge on any atom is -0.497 e. The molecule has 0 aliphatic rings. The Labute approximate surface area is 162 Å². The molecule has 3 rings (SSSR count). The number of carbonyl (C=O) groups excluding carboxylic acids is 1. The van der Waals surface area contributed by atoms with E-state index in [1.807, 2.05) is 18.2 Å². The molecule has 1 N–H and O–H groups in total. The zero-order valence-electron chi connectivity index (χ0n) is 15.4. The van der Waals surface area contributed by atoms with Crippen molar-refractivity contribution in [1.29, 1.82) is 0 Å². The van der Waals surface area contributed by atoms with E-state index in [1.54, 1.807) is 32.4 Å². The summed E-state index contributed by atoms with van der Waals surface area (Å²) in [6.45, 7) is 2.15. The highest BCUT2D eigenvalue weighted by molar-refractivity contribution is 7.15. The summed E-state index contributed by atoms with van der Waals surface area (Å²) in [4.78, 5) is 12.5. The van der Waals surface area contributed by atoms with Gasteiger partial charge in [0.15, 0.2) is 0 Å². The van der Waals surface area contributed by atoms with Crippen molar-refractivity contribution >= 4 is 22.4 Å². The smallest absolute Gasteiger partial charge is 0.257 e. The average molecular weight is 383 g/mol. The van der Waals surface area contributed by atoms with Crippen LogP contribution in [0.1, 0.15) is 33.8 Å². The van der Waals surface area contributed by atoms with Crippen LogP contribution in [0.5, 0.6) is 11.5 Å². The molecule has 2 aromatic carbocycles. The average Bonchev–Trinajstić information content (AvgIpc) is 3.14. The van der Waals surface area contributed by atoms with Crippen molar-refractivity contribution in [1.82, 2.24) is 10.2 Å². The van der Waals surface area contributed by atoms with Crippen molar-refractivity contribution in [3.8, 4) is 11.5 Å². The van der Waals surface area contributed by atoms with Crippen LogP contribution in [0.3, 0.4) is 0 Å². The molecule has 0 aliphatic heterocycles. The molecule has 1 aromatic heterocycles.